The molecule has 0 aliphatic carbocycles. The number of carbonyl (C=O) groups is 1. The maximum atomic E-state index is 12.3. The Morgan fingerprint density at radius 2 is 1.69 bits per heavy atom. The number of hydrogen-bond acceptors (Lipinski definition) is 6. The van der Waals surface area contributed by atoms with Crippen LogP contribution in [0.1, 0.15) is 29.0 Å². The summed E-state index contributed by atoms with van der Waals surface area (Å²) in [6.45, 7) is 2.95. The number of rotatable bonds is 9. The Morgan fingerprint density at radius 3 is 2.34 bits per heavy atom. The molecule has 7 nitrogen and oxygen atoms in total. The fourth-order valence-electron chi connectivity index (χ4n) is 2.66. The third-order valence-corrected chi connectivity index (χ3v) is 4.28. The molecule has 0 bridgehead atoms. The number of methoxy groups -OCH3 is 1. The summed E-state index contributed by atoms with van der Waals surface area (Å²) in [6, 6.07) is 20.4. The zero-order chi connectivity index (χ0) is 20.5. The van der Waals surface area contributed by atoms with E-state index >= 15 is 0 Å². The van der Waals surface area contributed by atoms with E-state index in [0.29, 0.717) is 19.0 Å². The van der Waals surface area contributed by atoms with Crippen molar-refractivity contribution < 1.29 is 14.3 Å². The van der Waals surface area contributed by atoms with Crippen LogP contribution in [-0.2, 0) is 0 Å². The number of anilines is 1. The van der Waals surface area contributed by atoms with Gasteiger partial charge in [-0.25, -0.2) is 0 Å². The molecule has 0 aliphatic heterocycles. The first-order valence-electron chi connectivity index (χ1n) is 9.36. The summed E-state index contributed by atoms with van der Waals surface area (Å²) >= 11 is 0. The first kappa shape index (κ1) is 20.1. The van der Waals surface area contributed by atoms with Gasteiger partial charge in [0.2, 0.25) is 0 Å². The molecule has 1 heterocycles. The molecule has 0 saturated heterocycles. The van der Waals surface area contributed by atoms with E-state index in [1.165, 1.54) is 0 Å². The van der Waals surface area contributed by atoms with Gasteiger partial charge >= 0.3 is 0 Å². The minimum atomic E-state index is -0.261. The lowest BCUT2D eigenvalue weighted by atomic mass is 10.1. The van der Waals surface area contributed by atoms with Crippen LogP contribution in [0.4, 0.5) is 5.82 Å². The first-order chi connectivity index (χ1) is 14.2. The van der Waals surface area contributed by atoms with E-state index in [-0.39, 0.29) is 17.6 Å². The van der Waals surface area contributed by atoms with Crippen LogP contribution < -0.4 is 20.1 Å². The Labute approximate surface area is 170 Å². The molecule has 0 saturated carbocycles. The van der Waals surface area contributed by atoms with Gasteiger partial charge in [-0.2, -0.15) is 0 Å². The first-order valence-corrected chi connectivity index (χ1v) is 9.36. The summed E-state index contributed by atoms with van der Waals surface area (Å²) in [6.07, 6.45) is 0. The highest BCUT2D eigenvalue weighted by Gasteiger charge is 2.13. The third kappa shape index (κ3) is 5.93. The summed E-state index contributed by atoms with van der Waals surface area (Å²) < 4.78 is 10.8. The second-order valence-electron chi connectivity index (χ2n) is 6.36. The minimum Gasteiger partial charge on any atom is -0.497 e. The molecule has 1 amide bonds. The Balaban J connectivity index is 1.43. The molecule has 0 aliphatic rings. The largest absolute Gasteiger partial charge is 0.497 e. The number of amides is 1. The number of carbonyl (C=O) groups excluding carboxylic acids is 1. The fourth-order valence-corrected chi connectivity index (χ4v) is 2.66. The van der Waals surface area contributed by atoms with E-state index in [2.05, 4.69) is 20.8 Å². The van der Waals surface area contributed by atoms with Crippen LogP contribution >= 0.6 is 0 Å². The zero-order valence-electron chi connectivity index (χ0n) is 16.5. The fraction of sp³-hybridized carbons (Fsp3) is 0.227. The molecule has 2 N–H and O–H groups in total. The van der Waals surface area contributed by atoms with Gasteiger partial charge in [0.1, 0.15) is 23.9 Å². The van der Waals surface area contributed by atoms with Gasteiger partial charge < -0.3 is 20.1 Å². The van der Waals surface area contributed by atoms with E-state index in [1.807, 2.05) is 61.5 Å². The van der Waals surface area contributed by atoms with Crippen LogP contribution in [0.2, 0.25) is 0 Å². The van der Waals surface area contributed by atoms with Crippen LogP contribution in [0, 0.1) is 0 Å². The van der Waals surface area contributed by atoms with Crippen molar-refractivity contribution in [2.75, 3.05) is 25.6 Å². The normalized spacial score (nSPS) is 11.4. The lowest BCUT2D eigenvalue weighted by Gasteiger charge is -2.13. The van der Waals surface area contributed by atoms with E-state index in [0.717, 1.165) is 17.1 Å². The Hall–Kier alpha value is -3.61. The maximum absolute atomic E-state index is 12.3. The predicted octanol–water partition coefficient (Wildman–Crippen LogP) is 3.47. The van der Waals surface area contributed by atoms with E-state index in [1.54, 1.807) is 19.2 Å². The number of benzene rings is 2. The van der Waals surface area contributed by atoms with Gasteiger partial charge in [0.15, 0.2) is 5.69 Å². The summed E-state index contributed by atoms with van der Waals surface area (Å²) in [5.41, 5.74) is 1.30. The van der Waals surface area contributed by atoms with E-state index in [9.17, 15) is 4.79 Å². The van der Waals surface area contributed by atoms with Crippen molar-refractivity contribution in [1.82, 2.24) is 15.5 Å². The van der Waals surface area contributed by atoms with Gasteiger partial charge in [0, 0.05) is 0 Å². The van der Waals surface area contributed by atoms with Crippen molar-refractivity contribution in [1.29, 1.82) is 0 Å². The Morgan fingerprint density at radius 1 is 0.966 bits per heavy atom. The summed E-state index contributed by atoms with van der Waals surface area (Å²) in [5, 5.41) is 14.1. The summed E-state index contributed by atoms with van der Waals surface area (Å²) in [7, 11) is 1.62. The standard InChI is InChI=1S/C22H24N4O3/c1-16(17-6-4-3-5-7-17)24-22(27)20-12-13-21(26-25-20)23-14-15-29-19-10-8-18(28-2)9-11-19/h3-13,16H,14-15H2,1-2H3,(H,23,26)(H,24,27). The van der Waals surface area contributed by atoms with Crippen molar-refractivity contribution in [3.05, 3.63) is 78.0 Å². The topological polar surface area (TPSA) is 85.4 Å². The zero-order valence-corrected chi connectivity index (χ0v) is 16.5. The molecule has 0 spiro atoms. The average molecular weight is 392 g/mol. The van der Waals surface area contributed by atoms with Crippen LogP contribution in [0.25, 0.3) is 0 Å². The second kappa shape index (κ2) is 10.1. The van der Waals surface area contributed by atoms with Gasteiger partial charge in [0.05, 0.1) is 19.7 Å². The van der Waals surface area contributed by atoms with Crippen LogP contribution in [0.3, 0.4) is 0 Å². The molecule has 0 radical (unpaired) electrons. The number of nitrogens with zero attached hydrogens (tertiary/aromatic N) is 2. The maximum Gasteiger partial charge on any atom is 0.272 e. The SMILES string of the molecule is COc1ccc(OCCNc2ccc(C(=O)NC(C)c3ccccc3)nn2)cc1. The van der Waals surface area contributed by atoms with Gasteiger partial charge in [0.25, 0.3) is 5.91 Å². The Bertz CT molecular complexity index is 900. The van der Waals surface area contributed by atoms with Crippen molar-refractivity contribution in [3.63, 3.8) is 0 Å². The van der Waals surface area contributed by atoms with Gasteiger partial charge in [-0.1, -0.05) is 30.3 Å². The lowest BCUT2D eigenvalue weighted by molar-refractivity contribution is 0.0934. The lowest BCUT2D eigenvalue weighted by Crippen LogP contribution is -2.27. The summed E-state index contributed by atoms with van der Waals surface area (Å²) in [5.74, 6) is 1.87. The number of hydrogen-bond donors (Lipinski definition) is 2. The number of ether oxygens (including phenoxy) is 2. The molecule has 1 atom stereocenters. The Kier molecular flexibility index (Phi) is 7.00. The quantitative estimate of drug-likeness (QED) is 0.543. The predicted molar refractivity (Wildman–Crippen MR) is 111 cm³/mol. The van der Waals surface area contributed by atoms with E-state index in [4.69, 9.17) is 9.47 Å². The van der Waals surface area contributed by atoms with Crippen LogP contribution in [-0.4, -0.2) is 36.4 Å². The molecule has 1 unspecified atom stereocenters. The van der Waals surface area contributed by atoms with Crippen molar-refractivity contribution in [2.24, 2.45) is 0 Å². The molecule has 7 heteroatoms. The molecule has 3 rings (SSSR count). The molecule has 1 aromatic heterocycles. The van der Waals surface area contributed by atoms with Gasteiger partial charge in [-0.05, 0) is 48.9 Å². The average Bonchev–Trinajstić information content (AvgIpc) is 2.78. The highest BCUT2D eigenvalue weighted by molar-refractivity contribution is 5.92. The minimum absolute atomic E-state index is 0.113. The number of nitrogens with one attached hydrogen (secondary N) is 2. The molecular weight excluding hydrogens is 368 g/mol. The van der Waals surface area contributed by atoms with Crippen molar-refractivity contribution >= 4 is 11.7 Å². The van der Waals surface area contributed by atoms with Crippen molar-refractivity contribution in [2.45, 2.75) is 13.0 Å². The smallest absolute Gasteiger partial charge is 0.272 e. The molecule has 0 fully saturated rings. The van der Waals surface area contributed by atoms with Crippen molar-refractivity contribution in [3.8, 4) is 11.5 Å². The molecular formula is C22H24N4O3. The van der Waals surface area contributed by atoms with Gasteiger partial charge in [-0.3, -0.25) is 4.79 Å². The molecule has 2 aromatic carbocycles. The third-order valence-electron chi connectivity index (χ3n) is 4.28. The van der Waals surface area contributed by atoms with Gasteiger partial charge in [-0.15, -0.1) is 10.2 Å². The van der Waals surface area contributed by atoms with Crippen LogP contribution in [0.5, 0.6) is 11.5 Å². The molecule has 29 heavy (non-hydrogen) atoms. The highest BCUT2D eigenvalue weighted by atomic mass is 16.5. The second-order valence-corrected chi connectivity index (χ2v) is 6.36. The molecule has 3 aromatic rings. The highest BCUT2D eigenvalue weighted by Crippen LogP contribution is 2.17. The summed E-state index contributed by atoms with van der Waals surface area (Å²) in [4.78, 5) is 12.3. The number of aromatic nitrogens is 2. The monoisotopic (exact) mass is 392 g/mol. The molecule has 150 valence electrons. The van der Waals surface area contributed by atoms with Crippen LogP contribution in [0.15, 0.2) is 66.7 Å². The van der Waals surface area contributed by atoms with E-state index < -0.39 is 0 Å².